The number of carbonyl (C=O) groups excluding carboxylic acids is 1. The number of fused-ring (bicyclic) bond motifs is 1. The van der Waals surface area contributed by atoms with E-state index in [1.807, 2.05) is 30.3 Å². The predicted octanol–water partition coefficient (Wildman–Crippen LogP) is 1.59. The molecule has 0 spiro atoms. The molecule has 0 saturated heterocycles. The Labute approximate surface area is 127 Å². The molecule has 0 saturated carbocycles. The molecule has 0 aliphatic rings. The van der Waals surface area contributed by atoms with E-state index in [1.165, 1.54) is 4.57 Å². The average molecular weight is 299 g/mol. The summed E-state index contributed by atoms with van der Waals surface area (Å²) in [6, 6.07) is 9.26. The summed E-state index contributed by atoms with van der Waals surface area (Å²) < 4.78 is 8.05. The highest BCUT2D eigenvalue weighted by molar-refractivity contribution is 5.80. The van der Waals surface area contributed by atoms with Gasteiger partial charge in [-0.2, -0.15) is 0 Å². The van der Waals surface area contributed by atoms with Gasteiger partial charge in [0.1, 0.15) is 6.54 Å². The second-order valence-corrected chi connectivity index (χ2v) is 5.30. The molecule has 2 aromatic heterocycles. The summed E-state index contributed by atoms with van der Waals surface area (Å²) in [5.74, 6) is -0.125. The van der Waals surface area contributed by atoms with Crippen molar-refractivity contribution in [3.05, 3.63) is 58.9 Å². The first-order valence-corrected chi connectivity index (χ1v) is 6.97. The van der Waals surface area contributed by atoms with Crippen LogP contribution in [0.1, 0.15) is 5.56 Å². The summed E-state index contributed by atoms with van der Waals surface area (Å²) in [7, 11) is 3.42. The molecule has 0 aliphatic carbocycles. The SMILES string of the molecule is CN(Cc1ccoc1)C(=O)Cn1c(=O)n(C)c2ccccc21. The first kappa shape index (κ1) is 14.2. The van der Waals surface area contributed by atoms with E-state index in [2.05, 4.69) is 0 Å². The van der Waals surface area contributed by atoms with Crippen molar-refractivity contribution < 1.29 is 9.21 Å². The summed E-state index contributed by atoms with van der Waals surface area (Å²) in [5.41, 5.74) is 2.31. The second kappa shape index (κ2) is 5.55. The minimum Gasteiger partial charge on any atom is -0.472 e. The van der Waals surface area contributed by atoms with E-state index >= 15 is 0 Å². The third-order valence-corrected chi connectivity index (χ3v) is 3.77. The topological polar surface area (TPSA) is 60.4 Å². The van der Waals surface area contributed by atoms with Crippen LogP contribution in [0.25, 0.3) is 11.0 Å². The fourth-order valence-corrected chi connectivity index (χ4v) is 2.52. The Hall–Kier alpha value is -2.76. The minimum absolute atomic E-state index is 0.0224. The number of aryl methyl sites for hydroxylation is 1. The summed E-state index contributed by atoms with van der Waals surface area (Å²) >= 11 is 0. The van der Waals surface area contributed by atoms with Gasteiger partial charge in [0, 0.05) is 26.2 Å². The molecule has 1 aromatic carbocycles. The van der Waals surface area contributed by atoms with Crippen LogP contribution in [-0.4, -0.2) is 27.0 Å². The molecule has 6 heteroatoms. The molecule has 6 nitrogen and oxygen atoms in total. The van der Waals surface area contributed by atoms with E-state index < -0.39 is 0 Å². The Bertz CT molecular complexity index is 859. The van der Waals surface area contributed by atoms with Crippen LogP contribution >= 0.6 is 0 Å². The van der Waals surface area contributed by atoms with Crippen molar-refractivity contribution in [3.8, 4) is 0 Å². The number of para-hydroxylation sites is 2. The fourth-order valence-electron chi connectivity index (χ4n) is 2.52. The zero-order valence-electron chi connectivity index (χ0n) is 12.5. The fraction of sp³-hybridized carbons (Fsp3) is 0.250. The van der Waals surface area contributed by atoms with Crippen molar-refractivity contribution in [2.45, 2.75) is 13.1 Å². The number of furan rings is 1. The number of hydrogen-bond donors (Lipinski definition) is 0. The quantitative estimate of drug-likeness (QED) is 0.735. The Morgan fingerprint density at radius 1 is 1.23 bits per heavy atom. The van der Waals surface area contributed by atoms with Crippen molar-refractivity contribution in [1.82, 2.24) is 14.0 Å². The third kappa shape index (κ3) is 2.43. The van der Waals surface area contributed by atoms with Crippen molar-refractivity contribution in [3.63, 3.8) is 0 Å². The van der Waals surface area contributed by atoms with E-state index in [0.29, 0.717) is 6.54 Å². The minimum atomic E-state index is -0.189. The lowest BCUT2D eigenvalue weighted by atomic mass is 10.3. The summed E-state index contributed by atoms with van der Waals surface area (Å²) in [5, 5.41) is 0. The van der Waals surface area contributed by atoms with Crippen molar-refractivity contribution >= 4 is 16.9 Å². The van der Waals surface area contributed by atoms with Crippen LogP contribution in [0.3, 0.4) is 0 Å². The van der Waals surface area contributed by atoms with Crippen molar-refractivity contribution in [2.75, 3.05) is 7.05 Å². The van der Waals surface area contributed by atoms with Crippen LogP contribution in [0, 0.1) is 0 Å². The lowest BCUT2D eigenvalue weighted by molar-refractivity contribution is -0.131. The van der Waals surface area contributed by atoms with Gasteiger partial charge >= 0.3 is 5.69 Å². The maximum atomic E-state index is 12.4. The molecule has 0 N–H and O–H groups in total. The smallest absolute Gasteiger partial charge is 0.329 e. The number of imidazole rings is 1. The molecular weight excluding hydrogens is 282 g/mol. The zero-order chi connectivity index (χ0) is 15.7. The van der Waals surface area contributed by atoms with E-state index in [0.717, 1.165) is 16.6 Å². The largest absolute Gasteiger partial charge is 0.472 e. The molecule has 0 unspecified atom stereocenters. The van der Waals surface area contributed by atoms with E-state index in [-0.39, 0.29) is 18.1 Å². The highest BCUT2D eigenvalue weighted by Crippen LogP contribution is 2.12. The average Bonchev–Trinajstić information content (AvgIpc) is 3.10. The van der Waals surface area contributed by atoms with Crippen LogP contribution < -0.4 is 5.69 Å². The number of rotatable bonds is 4. The van der Waals surface area contributed by atoms with Gasteiger partial charge < -0.3 is 9.32 Å². The number of hydrogen-bond acceptors (Lipinski definition) is 3. The molecule has 1 amide bonds. The third-order valence-electron chi connectivity index (χ3n) is 3.77. The normalized spacial score (nSPS) is 11.0. The highest BCUT2D eigenvalue weighted by atomic mass is 16.3. The predicted molar refractivity (Wildman–Crippen MR) is 82.4 cm³/mol. The Morgan fingerprint density at radius 2 is 1.95 bits per heavy atom. The molecular formula is C16H17N3O3. The Kier molecular flexibility index (Phi) is 3.58. The number of benzene rings is 1. The van der Waals surface area contributed by atoms with Gasteiger partial charge in [-0.3, -0.25) is 13.9 Å². The lowest BCUT2D eigenvalue weighted by Gasteiger charge is -2.16. The summed E-state index contributed by atoms with van der Waals surface area (Å²) in [4.78, 5) is 26.3. The molecule has 114 valence electrons. The Balaban J connectivity index is 1.85. The van der Waals surface area contributed by atoms with E-state index in [4.69, 9.17) is 4.42 Å². The Morgan fingerprint density at radius 3 is 2.64 bits per heavy atom. The first-order valence-electron chi connectivity index (χ1n) is 6.97. The van der Waals surface area contributed by atoms with Gasteiger partial charge in [-0.05, 0) is 18.2 Å². The number of amides is 1. The molecule has 22 heavy (non-hydrogen) atoms. The van der Waals surface area contributed by atoms with Crippen LogP contribution in [0.15, 0.2) is 52.1 Å². The molecule has 3 rings (SSSR count). The first-order chi connectivity index (χ1) is 10.6. The number of carbonyl (C=O) groups is 1. The van der Waals surface area contributed by atoms with Gasteiger partial charge in [-0.1, -0.05) is 12.1 Å². The number of likely N-dealkylation sites (N-methyl/N-ethyl adjacent to an activating group) is 1. The molecule has 0 fully saturated rings. The number of nitrogens with zero attached hydrogens (tertiary/aromatic N) is 3. The standard InChI is InChI=1S/C16H17N3O3/c1-17(9-12-7-8-22-11-12)15(20)10-19-14-6-4-3-5-13(14)18(2)16(19)21/h3-8,11H,9-10H2,1-2H3. The van der Waals surface area contributed by atoms with Gasteiger partial charge in [-0.25, -0.2) is 4.79 Å². The monoisotopic (exact) mass is 299 g/mol. The van der Waals surface area contributed by atoms with Gasteiger partial charge in [0.05, 0.1) is 23.6 Å². The van der Waals surface area contributed by atoms with Gasteiger partial charge in [-0.15, -0.1) is 0 Å². The molecule has 2 heterocycles. The van der Waals surface area contributed by atoms with Crippen LogP contribution in [0.4, 0.5) is 0 Å². The molecule has 0 radical (unpaired) electrons. The van der Waals surface area contributed by atoms with Gasteiger partial charge in [0.15, 0.2) is 0 Å². The highest BCUT2D eigenvalue weighted by Gasteiger charge is 2.16. The zero-order valence-corrected chi connectivity index (χ0v) is 12.5. The molecule has 0 aliphatic heterocycles. The summed E-state index contributed by atoms with van der Waals surface area (Å²) in [6.45, 7) is 0.476. The molecule has 0 bridgehead atoms. The van der Waals surface area contributed by atoms with E-state index in [9.17, 15) is 9.59 Å². The van der Waals surface area contributed by atoms with Gasteiger partial charge in [0.2, 0.25) is 5.91 Å². The van der Waals surface area contributed by atoms with Crippen LogP contribution in [0.5, 0.6) is 0 Å². The second-order valence-electron chi connectivity index (χ2n) is 5.30. The summed E-state index contributed by atoms with van der Waals surface area (Å²) in [6.07, 6.45) is 3.18. The maximum Gasteiger partial charge on any atom is 0.329 e. The van der Waals surface area contributed by atoms with Crippen LogP contribution in [0.2, 0.25) is 0 Å². The maximum absolute atomic E-state index is 12.4. The van der Waals surface area contributed by atoms with Crippen molar-refractivity contribution in [2.24, 2.45) is 7.05 Å². The van der Waals surface area contributed by atoms with Crippen molar-refractivity contribution in [1.29, 1.82) is 0 Å². The molecule has 0 atom stereocenters. The van der Waals surface area contributed by atoms with Gasteiger partial charge in [0.25, 0.3) is 0 Å². The number of aromatic nitrogens is 2. The van der Waals surface area contributed by atoms with Crippen LogP contribution in [-0.2, 0) is 24.9 Å². The lowest BCUT2D eigenvalue weighted by Crippen LogP contribution is -2.33. The molecule has 3 aromatic rings. The van der Waals surface area contributed by atoms with E-state index in [1.54, 1.807) is 36.1 Å².